The molecule has 0 aliphatic carbocycles. The lowest BCUT2D eigenvalue weighted by Gasteiger charge is -2.13. The zero-order chi connectivity index (χ0) is 16.3. The first-order valence-corrected chi connectivity index (χ1v) is 7.80. The highest BCUT2D eigenvalue weighted by Gasteiger charge is 2.20. The second kappa shape index (κ2) is 6.07. The highest BCUT2D eigenvalue weighted by Crippen LogP contribution is 2.27. The molecule has 0 amide bonds. The molecule has 0 fully saturated rings. The van der Waals surface area contributed by atoms with Gasteiger partial charge in [-0.15, -0.1) is 0 Å². The minimum Gasteiger partial charge on any atom is -0.545 e. The number of methoxy groups -OCH3 is 1. The fourth-order valence-electron chi connectivity index (χ4n) is 1.93. The van der Waals surface area contributed by atoms with Crippen LogP contribution in [0.1, 0.15) is 15.9 Å². The maximum absolute atomic E-state index is 12.5. The monoisotopic (exact) mass is 320 g/mol. The number of anilines is 1. The normalized spacial score (nSPS) is 11.0. The van der Waals surface area contributed by atoms with Gasteiger partial charge in [0.1, 0.15) is 10.6 Å². The number of ether oxygens (including phenoxy) is 1. The van der Waals surface area contributed by atoms with Crippen molar-refractivity contribution in [1.82, 2.24) is 0 Å². The van der Waals surface area contributed by atoms with Crippen LogP contribution in [0.15, 0.2) is 47.4 Å². The number of aryl methyl sites for hydroxylation is 1. The highest BCUT2D eigenvalue weighted by atomic mass is 32.2. The van der Waals surface area contributed by atoms with Gasteiger partial charge in [-0.3, -0.25) is 4.72 Å². The van der Waals surface area contributed by atoms with E-state index in [9.17, 15) is 18.3 Å². The van der Waals surface area contributed by atoms with Crippen molar-refractivity contribution in [2.75, 3.05) is 11.8 Å². The maximum Gasteiger partial charge on any atom is 0.265 e. The van der Waals surface area contributed by atoms with E-state index in [0.717, 1.165) is 11.6 Å². The Morgan fingerprint density at radius 3 is 2.50 bits per heavy atom. The van der Waals surface area contributed by atoms with Gasteiger partial charge in [0.2, 0.25) is 0 Å². The van der Waals surface area contributed by atoms with Crippen LogP contribution in [0.3, 0.4) is 0 Å². The van der Waals surface area contributed by atoms with Gasteiger partial charge in [-0.2, -0.15) is 0 Å². The number of carboxylic acids is 1. The third-order valence-corrected chi connectivity index (χ3v) is 4.36. The van der Waals surface area contributed by atoms with E-state index in [-0.39, 0.29) is 16.2 Å². The molecule has 0 aromatic heterocycles. The largest absolute Gasteiger partial charge is 0.545 e. The summed E-state index contributed by atoms with van der Waals surface area (Å²) in [5.41, 5.74) is 1.02. The first-order valence-electron chi connectivity index (χ1n) is 6.32. The zero-order valence-electron chi connectivity index (χ0n) is 12.0. The Balaban J connectivity index is 2.48. The number of hydrogen-bond acceptors (Lipinski definition) is 5. The summed E-state index contributed by atoms with van der Waals surface area (Å²) in [5, 5.41) is 10.9. The molecule has 6 nitrogen and oxygen atoms in total. The van der Waals surface area contributed by atoms with Gasteiger partial charge in [0.05, 0.1) is 13.1 Å². The van der Waals surface area contributed by atoms with Crippen LogP contribution < -0.4 is 14.6 Å². The Labute approximate surface area is 128 Å². The van der Waals surface area contributed by atoms with Crippen LogP contribution in [0.25, 0.3) is 0 Å². The fraction of sp³-hybridized carbons (Fsp3) is 0.133. The van der Waals surface area contributed by atoms with Crippen LogP contribution in [0.4, 0.5) is 5.69 Å². The number of carbonyl (C=O) groups is 1. The molecule has 0 atom stereocenters. The van der Waals surface area contributed by atoms with E-state index in [2.05, 4.69) is 4.72 Å². The third kappa shape index (κ3) is 3.37. The molecule has 116 valence electrons. The maximum atomic E-state index is 12.5. The van der Waals surface area contributed by atoms with Gasteiger partial charge in [-0.25, -0.2) is 8.42 Å². The molecule has 0 spiro atoms. The number of benzene rings is 2. The fourth-order valence-corrected chi connectivity index (χ4v) is 3.18. The van der Waals surface area contributed by atoms with Crippen molar-refractivity contribution in [2.45, 2.75) is 11.8 Å². The zero-order valence-corrected chi connectivity index (χ0v) is 12.8. The van der Waals surface area contributed by atoms with Crippen LogP contribution in [-0.4, -0.2) is 21.5 Å². The number of rotatable bonds is 5. The molecule has 0 radical (unpaired) electrons. The van der Waals surface area contributed by atoms with E-state index in [1.54, 1.807) is 18.2 Å². The van der Waals surface area contributed by atoms with Crippen LogP contribution in [0, 0.1) is 6.92 Å². The summed E-state index contributed by atoms with van der Waals surface area (Å²) >= 11 is 0. The topological polar surface area (TPSA) is 95.5 Å². The summed E-state index contributed by atoms with van der Waals surface area (Å²) in [6.45, 7) is 1.83. The number of carboxylic acid groups (broad SMARTS) is 1. The van der Waals surface area contributed by atoms with Crippen molar-refractivity contribution in [3.63, 3.8) is 0 Å². The van der Waals surface area contributed by atoms with Gasteiger partial charge in [-0.1, -0.05) is 12.1 Å². The summed E-state index contributed by atoms with van der Waals surface area (Å²) in [5.74, 6) is -1.42. The number of aromatic carboxylic acids is 1. The Hall–Kier alpha value is -2.54. The van der Waals surface area contributed by atoms with Gasteiger partial charge in [-0.05, 0) is 48.4 Å². The summed E-state index contributed by atoms with van der Waals surface area (Å²) in [6, 6.07) is 10.3. The van der Waals surface area contributed by atoms with Crippen molar-refractivity contribution in [3.05, 3.63) is 53.6 Å². The predicted octanol–water partition coefficient (Wildman–Crippen LogP) is 1.17. The van der Waals surface area contributed by atoms with Crippen LogP contribution in [0.5, 0.6) is 5.75 Å². The summed E-state index contributed by atoms with van der Waals surface area (Å²) in [6.07, 6.45) is 0. The summed E-state index contributed by atoms with van der Waals surface area (Å²) in [4.78, 5) is 10.6. The number of nitrogens with one attached hydrogen (secondary N) is 1. The molecular formula is C15H14NO5S-. The van der Waals surface area contributed by atoms with E-state index in [1.807, 2.05) is 13.0 Å². The van der Waals surface area contributed by atoms with Gasteiger partial charge in [0.25, 0.3) is 10.0 Å². The second-order valence-corrected chi connectivity index (χ2v) is 6.28. The van der Waals surface area contributed by atoms with E-state index >= 15 is 0 Å². The molecule has 0 unspecified atom stereocenters. The summed E-state index contributed by atoms with van der Waals surface area (Å²) < 4.78 is 32.3. The molecule has 2 aromatic carbocycles. The smallest absolute Gasteiger partial charge is 0.265 e. The first kappa shape index (κ1) is 15.8. The molecule has 0 heterocycles. The van der Waals surface area contributed by atoms with Gasteiger partial charge >= 0.3 is 0 Å². The van der Waals surface area contributed by atoms with E-state index in [4.69, 9.17) is 4.74 Å². The van der Waals surface area contributed by atoms with Crippen molar-refractivity contribution < 1.29 is 23.1 Å². The van der Waals surface area contributed by atoms with Gasteiger partial charge in [0.15, 0.2) is 0 Å². The first-order chi connectivity index (χ1) is 10.3. The molecule has 0 saturated heterocycles. The Morgan fingerprint density at radius 1 is 1.18 bits per heavy atom. The summed E-state index contributed by atoms with van der Waals surface area (Å²) in [7, 11) is -2.69. The lowest BCUT2D eigenvalue weighted by Crippen LogP contribution is -2.23. The minimum atomic E-state index is -3.99. The molecule has 2 rings (SSSR count). The minimum absolute atomic E-state index is 0.0464. The molecule has 0 aliphatic heterocycles. The average molecular weight is 320 g/mol. The van der Waals surface area contributed by atoms with Crippen molar-refractivity contribution in [1.29, 1.82) is 0 Å². The van der Waals surface area contributed by atoms with Gasteiger partial charge in [0, 0.05) is 5.69 Å². The number of sulfonamides is 1. The molecule has 0 aliphatic rings. The van der Waals surface area contributed by atoms with E-state index in [0.29, 0.717) is 5.69 Å². The van der Waals surface area contributed by atoms with Crippen LogP contribution >= 0.6 is 0 Å². The van der Waals surface area contributed by atoms with Crippen molar-refractivity contribution >= 4 is 21.7 Å². The molecule has 1 N–H and O–H groups in total. The van der Waals surface area contributed by atoms with Crippen LogP contribution in [-0.2, 0) is 10.0 Å². The second-order valence-electron chi connectivity index (χ2n) is 4.63. The predicted molar refractivity (Wildman–Crippen MR) is 79.3 cm³/mol. The molecule has 22 heavy (non-hydrogen) atoms. The molecule has 0 bridgehead atoms. The quantitative estimate of drug-likeness (QED) is 0.892. The number of carbonyl (C=O) groups excluding carboxylic acids is 1. The third-order valence-electron chi connectivity index (χ3n) is 2.96. The standard InChI is InChI=1S/C15H15NO5S/c1-10-4-3-5-12(8-10)16-22(19,20)14-9-11(15(17)18)6-7-13(14)21-2/h3-9,16H,1-2H3,(H,17,18)/p-1. The van der Waals surface area contributed by atoms with E-state index < -0.39 is 16.0 Å². The molecule has 7 heteroatoms. The Morgan fingerprint density at radius 2 is 1.91 bits per heavy atom. The highest BCUT2D eigenvalue weighted by molar-refractivity contribution is 7.92. The SMILES string of the molecule is COc1ccc(C(=O)[O-])cc1S(=O)(=O)Nc1cccc(C)c1. The molecular weight excluding hydrogens is 306 g/mol. The Bertz CT molecular complexity index is 814. The Kier molecular flexibility index (Phi) is 4.37. The number of hydrogen-bond donors (Lipinski definition) is 1. The lowest BCUT2D eigenvalue weighted by atomic mass is 10.2. The van der Waals surface area contributed by atoms with Crippen molar-refractivity contribution in [2.24, 2.45) is 0 Å². The average Bonchev–Trinajstić information content (AvgIpc) is 2.46. The molecule has 2 aromatic rings. The van der Waals surface area contributed by atoms with Crippen LogP contribution in [0.2, 0.25) is 0 Å². The van der Waals surface area contributed by atoms with E-state index in [1.165, 1.54) is 19.2 Å². The lowest BCUT2D eigenvalue weighted by molar-refractivity contribution is -0.255. The molecule has 0 saturated carbocycles. The van der Waals surface area contributed by atoms with Gasteiger partial charge < -0.3 is 14.6 Å². The van der Waals surface area contributed by atoms with Crippen molar-refractivity contribution in [3.8, 4) is 5.75 Å².